The Hall–Kier alpha value is -3.38. The standard InChI is InChI=1S/C23H23NO5/c1-15(13-14-25)21(19-11-12-20(26)18-10-6-5-9-17(18)19)29-23(28)24-22(27)16-7-3-2-4-8-16/h2-12,15,21,25-26H,13-14H2,1H3,(H,24,27,28)/t15-,21-/m1/s1. The summed E-state index contributed by atoms with van der Waals surface area (Å²) in [6.07, 6.45) is -1.18. The number of alkyl carbamates (subject to hydrolysis) is 1. The molecule has 29 heavy (non-hydrogen) atoms. The van der Waals surface area contributed by atoms with E-state index in [0.29, 0.717) is 22.9 Å². The minimum atomic E-state index is -0.870. The summed E-state index contributed by atoms with van der Waals surface area (Å²) in [7, 11) is 0. The van der Waals surface area contributed by atoms with Crippen molar-refractivity contribution in [2.24, 2.45) is 5.92 Å². The van der Waals surface area contributed by atoms with E-state index in [1.165, 1.54) is 0 Å². The Morgan fingerprint density at radius 1 is 0.966 bits per heavy atom. The summed E-state index contributed by atoms with van der Waals surface area (Å²) >= 11 is 0. The third-order valence-corrected chi connectivity index (χ3v) is 4.83. The Morgan fingerprint density at radius 3 is 2.31 bits per heavy atom. The number of hydrogen-bond acceptors (Lipinski definition) is 5. The molecule has 0 heterocycles. The third kappa shape index (κ3) is 4.73. The molecule has 3 N–H and O–H groups in total. The fourth-order valence-corrected chi connectivity index (χ4v) is 3.29. The van der Waals surface area contributed by atoms with E-state index in [0.717, 1.165) is 5.39 Å². The predicted octanol–water partition coefficient (Wildman–Crippen LogP) is 4.17. The number of aliphatic hydroxyl groups excluding tert-OH is 1. The number of ether oxygens (including phenoxy) is 1. The first-order valence-electron chi connectivity index (χ1n) is 9.39. The van der Waals surface area contributed by atoms with Gasteiger partial charge in [-0.25, -0.2) is 4.79 Å². The van der Waals surface area contributed by atoms with Crippen LogP contribution < -0.4 is 5.32 Å². The number of phenols is 1. The maximum Gasteiger partial charge on any atom is 0.414 e. The molecule has 3 aromatic rings. The largest absolute Gasteiger partial charge is 0.507 e. The number of benzene rings is 3. The number of aromatic hydroxyl groups is 1. The lowest BCUT2D eigenvalue weighted by Crippen LogP contribution is -2.33. The molecule has 0 unspecified atom stereocenters. The second-order valence-electron chi connectivity index (χ2n) is 6.86. The molecule has 0 aliphatic heterocycles. The van der Waals surface area contributed by atoms with Crippen molar-refractivity contribution < 1.29 is 24.5 Å². The van der Waals surface area contributed by atoms with Crippen molar-refractivity contribution in [3.63, 3.8) is 0 Å². The van der Waals surface area contributed by atoms with Gasteiger partial charge in [0.1, 0.15) is 11.9 Å². The van der Waals surface area contributed by atoms with Gasteiger partial charge in [-0.1, -0.05) is 55.5 Å². The molecule has 2 amide bonds. The molecule has 0 aliphatic carbocycles. The monoisotopic (exact) mass is 393 g/mol. The minimum Gasteiger partial charge on any atom is -0.507 e. The van der Waals surface area contributed by atoms with E-state index in [4.69, 9.17) is 4.74 Å². The number of amides is 2. The van der Waals surface area contributed by atoms with Crippen LogP contribution in [0.5, 0.6) is 5.75 Å². The van der Waals surface area contributed by atoms with E-state index in [1.54, 1.807) is 48.5 Å². The highest BCUT2D eigenvalue weighted by Gasteiger charge is 2.26. The molecule has 0 radical (unpaired) electrons. The van der Waals surface area contributed by atoms with Crippen LogP contribution in [0.3, 0.4) is 0 Å². The Morgan fingerprint density at radius 2 is 1.62 bits per heavy atom. The van der Waals surface area contributed by atoms with Gasteiger partial charge < -0.3 is 14.9 Å². The second kappa shape index (κ2) is 9.21. The molecule has 3 rings (SSSR count). The molecular weight excluding hydrogens is 370 g/mol. The zero-order chi connectivity index (χ0) is 20.8. The first-order valence-corrected chi connectivity index (χ1v) is 9.39. The van der Waals surface area contributed by atoms with Gasteiger partial charge in [0.25, 0.3) is 5.91 Å². The Bertz CT molecular complexity index is 1000. The van der Waals surface area contributed by atoms with Gasteiger partial charge in [-0.15, -0.1) is 0 Å². The van der Waals surface area contributed by atoms with Crippen LogP contribution in [0.4, 0.5) is 4.79 Å². The van der Waals surface area contributed by atoms with Crippen molar-refractivity contribution in [1.29, 1.82) is 0 Å². The Labute approximate surface area is 168 Å². The molecule has 150 valence electrons. The van der Waals surface area contributed by atoms with E-state index in [1.807, 2.05) is 25.1 Å². The number of rotatable bonds is 6. The van der Waals surface area contributed by atoms with Crippen LogP contribution in [0.1, 0.15) is 35.4 Å². The number of aliphatic hydroxyl groups is 1. The van der Waals surface area contributed by atoms with Gasteiger partial charge in [-0.3, -0.25) is 10.1 Å². The van der Waals surface area contributed by atoms with E-state index in [2.05, 4.69) is 5.32 Å². The maximum atomic E-state index is 12.5. The lowest BCUT2D eigenvalue weighted by molar-refractivity contribution is 0.0552. The zero-order valence-electron chi connectivity index (χ0n) is 16.0. The predicted molar refractivity (Wildman–Crippen MR) is 110 cm³/mol. The summed E-state index contributed by atoms with van der Waals surface area (Å²) < 4.78 is 5.63. The van der Waals surface area contributed by atoms with Crippen molar-refractivity contribution in [3.05, 3.63) is 77.9 Å². The topological polar surface area (TPSA) is 95.9 Å². The highest BCUT2D eigenvalue weighted by Crippen LogP contribution is 2.36. The summed E-state index contributed by atoms with van der Waals surface area (Å²) in [4.78, 5) is 24.7. The number of nitrogens with one attached hydrogen (secondary N) is 1. The minimum absolute atomic E-state index is 0.0678. The Kier molecular flexibility index (Phi) is 6.46. The van der Waals surface area contributed by atoms with Crippen molar-refractivity contribution >= 4 is 22.8 Å². The summed E-state index contributed by atoms with van der Waals surface area (Å²) in [5.74, 6) is -0.646. The van der Waals surface area contributed by atoms with Crippen LogP contribution >= 0.6 is 0 Å². The number of carbonyl (C=O) groups is 2. The average Bonchev–Trinajstić information content (AvgIpc) is 2.73. The smallest absolute Gasteiger partial charge is 0.414 e. The van der Waals surface area contributed by atoms with Gasteiger partial charge in [0.05, 0.1) is 0 Å². The third-order valence-electron chi connectivity index (χ3n) is 4.83. The van der Waals surface area contributed by atoms with Crippen molar-refractivity contribution in [2.75, 3.05) is 6.61 Å². The van der Waals surface area contributed by atoms with Crippen LogP contribution in [0.15, 0.2) is 66.7 Å². The number of phenolic OH excluding ortho intramolecular Hbond substituents is 1. The molecule has 6 nitrogen and oxygen atoms in total. The fourth-order valence-electron chi connectivity index (χ4n) is 3.29. The van der Waals surface area contributed by atoms with E-state index in [-0.39, 0.29) is 18.3 Å². The van der Waals surface area contributed by atoms with Crippen LogP contribution in [0.25, 0.3) is 10.8 Å². The molecule has 0 saturated heterocycles. The normalized spacial score (nSPS) is 12.9. The van der Waals surface area contributed by atoms with Crippen molar-refractivity contribution in [3.8, 4) is 5.75 Å². The van der Waals surface area contributed by atoms with Crippen LogP contribution in [-0.4, -0.2) is 28.8 Å². The number of hydrogen-bond donors (Lipinski definition) is 3. The first-order chi connectivity index (χ1) is 14.0. The zero-order valence-corrected chi connectivity index (χ0v) is 16.0. The van der Waals surface area contributed by atoms with Crippen molar-refractivity contribution in [2.45, 2.75) is 19.4 Å². The fraction of sp³-hybridized carbons (Fsp3) is 0.217. The van der Waals surface area contributed by atoms with Gasteiger partial charge in [-0.05, 0) is 35.9 Å². The Balaban J connectivity index is 1.88. The lowest BCUT2D eigenvalue weighted by atomic mass is 9.91. The summed E-state index contributed by atoms with van der Waals surface area (Å²) in [6, 6.07) is 18.9. The quantitative estimate of drug-likeness (QED) is 0.584. The molecule has 0 aromatic heterocycles. The molecule has 3 aromatic carbocycles. The van der Waals surface area contributed by atoms with Crippen LogP contribution in [0.2, 0.25) is 0 Å². The van der Waals surface area contributed by atoms with Crippen molar-refractivity contribution in [1.82, 2.24) is 5.32 Å². The highest BCUT2D eigenvalue weighted by molar-refractivity contribution is 6.02. The van der Waals surface area contributed by atoms with E-state index >= 15 is 0 Å². The molecule has 0 bridgehead atoms. The van der Waals surface area contributed by atoms with Gasteiger partial charge in [0.2, 0.25) is 0 Å². The molecule has 0 fully saturated rings. The van der Waals surface area contributed by atoms with Gasteiger partial charge in [0.15, 0.2) is 0 Å². The second-order valence-corrected chi connectivity index (χ2v) is 6.86. The van der Waals surface area contributed by atoms with E-state index < -0.39 is 18.1 Å². The maximum absolute atomic E-state index is 12.5. The average molecular weight is 393 g/mol. The molecular formula is C23H23NO5. The van der Waals surface area contributed by atoms with Gasteiger partial charge in [0, 0.05) is 23.1 Å². The van der Waals surface area contributed by atoms with Gasteiger partial charge >= 0.3 is 6.09 Å². The lowest BCUT2D eigenvalue weighted by Gasteiger charge is -2.25. The number of imide groups is 1. The van der Waals surface area contributed by atoms with Gasteiger partial charge in [-0.2, -0.15) is 0 Å². The van der Waals surface area contributed by atoms with Crippen LogP contribution in [-0.2, 0) is 4.74 Å². The van der Waals surface area contributed by atoms with Crippen LogP contribution in [0, 0.1) is 5.92 Å². The molecule has 0 saturated carbocycles. The number of fused-ring (bicyclic) bond motifs is 1. The van der Waals surface area contributed by atoms with E-state index in [9.17, 15) is 19.8 Å². The molecule has 2 atom stereocenters. The highest BCUT2D eigenvalue weighted by atomic mass is 16.6. The summed E-state index contributed by atoms with van der Waals surface area (Å²) in [5.41, 5.74) is 1.04. The molecule has 6 heteroatoms. The summed E-state index contributed by atoms with van der Waals surface area (Å²) in [5, 5.41) is 23.1. The summed E-state index contributed by atoms with van der Waals surface area (Å²) in [6.45, 7) is 1.79. The molecule has 0 aliphatic rings. The number of carbonyl (C=O) groups excluding carboxylic acids is 2. The SMILES string of the molecule is C[C@H](CCO)[C@@H](OC(=O)NC(=O)c1ccccc1)c1ccc(O)c2ccccc12. The molecule has 0 spiro atoms. The first kappa shape index (κ1) is 20.4.